The van der Waals surface area contributed by atoms with Crippen LogP contribution in [0.3, 0.4) is 0 Å². The molecule has 2 heterocycles. The summed E-state index contributed by atoms with van der Waals surface area (Å²) in [6.45, 7) is 4.13. The number of hydrogen-bond donors (Lipinski definition) is 2. The number of piperazine rings is 1. The van der Waals surface area contributed by atoms with Crippen molar-refractivity contribution >= 4 is 5.91 Å². The molecule has 0 radical (unpaired) electrons. The third-order valence-electron chi connectivity index (χ3n) is 5.36. The van der Waals surface area contributed by atoms with Crippen molar-refractivity contribution < 1.29 is 14.4 Å². The molecule has 9 nitrogen and oxygen atoms in total. The normalized spacial score (nSPS) is 19.2. The van der Waals surface area contributed by atoms with Gasteiger partial charge in [-0.25, -0.2) is 4.79 Å². The largest absolute Gasteiger partial charge is 0.441 e. The highest BCUT2D eigenvalue weighted by atomic mass is 16.5. The second kappa shape index (κ2) is 8.89. The van der Waals surface area contributed by atoms with Crippen molar-refractivity contribution in [1.29, 1.82) is 0 Å². The Bertz CT molecular complexity index is 868. The average Bonchev–Trinajstić information content (AvgIpc) is 3.46. The SMILES string of the molecule is O=C(CN1CCN(CC(O)Cn2c(-c3ccccc3)noc2=O)CC1)NC1CC1. The van der Waals surface area contributed by atoms with Crippen LogP contribution in [0.5, 0.6) is 0 Å². The van der Waals surface area contributed by atoms with Crippen molar-refractivity contribution in [1.82, 2.24) is 24.8 Å². The highest BCUT2D eigenvalue weighted by molar-refractivity contribution is 5.78. The predicted molar refractivity (Wildman–Crippen MR) is 106 cm³/mol. The number of aliphatic hydroxyl groups excluding tert-OH is 1. The Kier molecular flexibility index (Phi) is 6.08. The van der Waals surface area contributed by atoms with Gasteiger partial charge in [0.05, 0.1) is 19.2 Å². The van der Waals surface area contributed by atoms with Gasteiger partial charge in [-0.2, -0.15) is 0 Å². The first-order chi connectivity index (χ1) is 14.1. The van der Waals surface area contributed by atoms with E-state index in [0.717, 1.165) is 44.6 Å². The molecule has 1 atom stereocenters. The van der Waals surface area contributed by atoms with Crippen LogP contribution in [0.1, 0.15) is 12.8 Å². The molecule has 0 bridgehead atoms. The molecule has 29 heavy (non-hydrogen) atoms. The zero-order chi connectivity index (χ0) is 20.2. The van der Waals surface area contributed by atoms with E-state index in [1.54, 1.807) is 0 Å². The first-order valence-electron chi connectivity index (χ1n) is 10.1. The maximum atomic E-state index is 12.0. The van der Waals surface area contributed by atoms with E-state index in [4.69, 9.17) is 4.52 Å². The fourth-order valence-electron chi connectivity index (χ4n) is 3.62. The molecule has 4 rings (SSSR count). The molecule has 1 aliphatic carbocycles. The lowest BCUT2D eigenvalue weighted by Gasteiger charge is -2.35. The molecule has 1 saturated carbocycles. The van der Waals surface area contributed by atoms with Gasteiger partial charge < -0.3 is 10.4 Å². The molecule has 2 N–H and O–H groups in total. The van der Waals surface area contributed by atoms with Gasteiger partial charge in [0.2, 0.25) is 5.91 Å². The zero-order valence-electron chi connectivity index (χ0n) is 16.4. The van der Waals surface area contributed by atoms with E-state index in [1.165, 1.54) is 4.57 Å². The minimum atomic E-state index is -0.723. The molecular formula is C20H27N5O4. The maximum absolute atomic E-state index is 12.0. The van der Waals surface area contributed by atoms with Gasteiger partial charge in [0.1, 0.15) is 0 Å². The minimum absolute atomic E-state index is 0.0984. The molecule has 1 amide bonds. The van der Waals surface area contributed by atoms with E-state index in [1.807, 2.05) is 30.3 Å². The summed E-state index contributed by atoms with van der Waals surface area (Å²) in [7, 11) is 0. The second-order valence-electron chi connectivity index (χ2n) is 7.82. The third-order valence-corrected chi connectivity index (χ3v) is 5.36. The van der Waals surface area contributed by atoms with E-state index in [0.29, 0.717) is 25.0 Å². The molecule has 1 aromatic heterocycles. The number of carbonyl (C=O) groups excluding carboxylic acids is 1. The fourth-order valence-corrected chi connectivity index (χ4v) is 3.62. The molecule has 156 valence electrons. The van der Waals surface area contributed by atoms with E-state index in [-0.39, 0.29) is 12.5 Å². The van der Waals surface area contributed by atoms with E-state index in [9.17, 15) is 14.7 Å². The van der Waals surface area contributed by atoms with E-state index in [2.05, 4.69) is 20.3 Å². The Labute approximate surface area is 168 Å². The highest BCUT2D eigenvalue weighted by Crippen LogP contribution is 2.18. The van der Waals surface area contributed by atoms with Crippen LogP contribution in [0, 0.1) is 0 Å². The fraction of sp³-hybridized carbons (Fsp3) is 0.550. The summed E-state index contributed by atoms with van der Waals surface area (Å²) < 4.78 is 6.19. The summed E-state index contributed by atoms with van der Waals surface area (Å²) >= 11 is 0. The molecular weight excluding hydrogens is 374 g/mol. The summed E-state index contributed by atoms with van der Waals surface area (Å²) in [6.07, 6.45) is 1.47. The van der Waals surface area contributed by atoms with Crippen molar-refractivity contribution in [2.24, 2.45) is 0 Å². The molecule has 2 aromatic rings. The Hall–Kier alpha value is -2.49. The molecule has 1 saturated heterocycles. The van der Waals surface area contributed by atoms with Crippen molar-refractivity contribution in [3.8, 4) is 11.4 Å². The van der Waals surface area contributed by atoms with Gasteiger partial charge in [-0.3, -0.25) is 23.7 Å². The zero-order valence-corrected chi connectivity index (χ0v) is 16.4. The molecule has 1 unspecified atom stereocenters. The van der Waals surface area contributed by atoms with Gasteiger partial charge in [0.15, 0.2) is 5.82 Å². The summed E-state index contributed by atoms with van der Waals surface area (Å²) in [4.78, 5) is 28.2. The van der Waals surface area contributed by atoms with Gasteiger partial charge in [0, 0.05) is 44.3 Å². The van der Waals surface area contributed by atoms with Crippen LogP contribution in [-0.4, -0.2) is 82.0 Å². The van der Waals surface area contributed by atoms with Gasteiger partial charge in [-0.1, -0.05) is 35.5 Å². The molecule has 2 aliphatic rings. The highest BCUT2D eigenvalue weighted by Gasteiger charge is 2.26. The Balaban J connectivity index is 1.27. The quantitative estimate of drug-likeness (QED) is 0.629. The van der Waals surface area contributed by atoms with Crippen molar-refractivity contribution in [3.05, 3.63) is 40.9 Å². The number of aliphatic hydroxyl groups is 1. The number of carbonyl (C=O) groups is 1. The summed E-state index contributed by atoms with van der Waals surface area (Å²) in [5.41, 5.74) is 0.767. The molecule has 0 spiro atoms. The Morgan fingerprint density at radius 3 is 2.52 bits per heavy atom. The van der Waals surface area contributed by atoms with Crippen LogP contribution in [0.2, 0.25) is 0 Å². The second-order valence-corrected chi connectivity index (χ2v) is 7.82. The molecule has 1 aromatic carbocycles. The lowest BCUT2D eigenvalue weighted by Crippen LogP contribution is -2.51. The van der Waals surface area contributed by atoms with Crippen molar-refractivity contribution in [2.45, 2.75) is 31.5 Å². The number of β-amino-alcohol motifs (C(OH)–C–C–N with tert-alkyl or cyclic N) is 1. The van der Waals surface area contributed by atoms with Gasteiger partial charge >= 0.3 is 5.76 Å². The predicted octanol–water partition coefficient (Wildman–Crippen LogP) is -0.240. The van der Waals surface area contributed by atoms with Crippen LogP contribution in [0.25, 0.3) is 11.4 Å². The van der Waals surface area contributed by atoms with E-state index < -0.39 is 11.9 Å². The molecule has 1 aliphatic heterocycles. The Morgan fingerprint density at radius 1 is 1.14 bits per heavy atom. The van der Waals surface area contributed by atoms with Gasteiger partial charge in [-0.15, -0.1) is 0 Å². The average molecular weight is 401 g/mol. The number of amides is 1. The summed E-state index contributed by atoms with van der Waals surface area (Å²) in [5.74, 6) is -0.0585. The topological polar surface area (TPSA) is 104 Å². The summed E-state index contributed by atoms with van der Waals surface area (Å²) in [6, 6.07) is 9.69. The number of nitrogens with zero attached hydrogens (tertiary/aromatic N) is 4. The van der Waals surface area contributed by atoms with Crippen molar-refractivity contribution in [3.63, 3.8) is 0 Å². The van der Waals surface area contributed by atoms with Crippen molar-refractivity contribution in [2.75, 3.05) is 39.3 Å². The summed E-state index contributed by atoms with van der Waals surface area (Å²) in [5, 5.41) is 17.4. The lowest BCUT2D eigenvalue weighted by molar-refractivity contribution is -0.122. The number of benzene rings is 1. The van der Waals surface area contributed by atoms with Crippen LogP contribution >= 0.6 is 0 Å². The monoisotopic (exact) mass is 401 g/mol. The van der Waals surface area contributed by atoms with E-state index >= 15 is 0 Å². The van der Waals surface area contributed by atoms with Gasteiger partial charge in [0.25, 0.3) is 0 Å². The van der Waals surface area contributed by atoms with Gasteiger partial charge in [-0.05, 0) is 12.8 Å². The Morgan fingerprint density at radius 2 is 1.83 bits per heavy atom. The number of nitrogens with one attached hydrogen (secondary N) is 1. The van der Waals surface area contributed by atoms with Crippen LogP contribution in [0.15, 0.2) is 39.6 Å². The van der Waals surface area contributed by atoms with Crippen LogP contribution in [-0.2, 0) is 11.3 Å². The first kappa shape index (κ1) is 19.8. The smallest absolute Gasteiger partial charge is 0.390 e. The standard InChI is InChI=1S/C20H27N5O4/c26-17(13-25-19(22-29-20(25)28)15-4-2-1-3-5-15)12-23-8-10-24(11-9-23)14-18(27)21-16-6-7-16/h1-5,16-17,26H,6-14H2,(H,21,27). The maximum Gasteiger partial charge on any atom is 0.441 e. The minimum Gasteiger partial charge on any atom is -0.390 e. The first-order valence-corrected chi connectivity index (χ1v) is 10.1. The molecule has 2 fully saturated rings. The van der Waals surface area contributed by atoms with Crippen LogP contribution < -0.4 is 11.1 Å². The molecule has 9 heteroatoms. The number of hydrogen-bond acceptors (Lipinski definition) is 7. The lowest BCUT2D eigenvalue weighted by atomic mass is 10.2. The van der Waals surface area contributed by atoms with Crippen LogP contribution in [0.4, 0.5) is 0 Å². The third kappa shape index (κ3) is 5.31. The number of rotatable bonds is 8. The number of aromatic nitrogens is 2.